The second-order valence-electron chi connectivity index (χ2n) is 5.01. The second-order valence-corrected chi connectivity index (χ2v) is 5.01. The summed E-state index contributed by atoms with van der Waals surface area (Å²) in [6.07, 6.45) is 5.52. The molecule has 0 aromatic heterocycles. The molecule has 1 saturated heterocycles. The predicted molar refractivity (Wildman–Crippen MR) is 77.1 cm³/mol. The molecule has 2 amide bonds. The molecule has 0 unspecified atom stereocenters. The van der Waals surface area contributed by atoms with E-state index in [0.29, 0.717) is 6.54 Å². The van der Waals surface area contributed by atoms with Crippen molar-refractivity contribution in [2.45, 2.75) is 26.7 Å². The van der Waals surface area contributed by atoms with Crippen LogP contribution in [0.3, 0.4) is 0 Å². The van der Waals surface area contributed by atoms with Crippen LogP contribution in [-0.2, 0) is 9.59 Å². The third-order valence-electron chi connectivity index (χ3n) is 4.13. The van der Waals surface area contributed by atoms with E-state index in [0.717, 1.165) is 32.5 Å². The highest BCUT2D eigenvalue weighted by molar-refractivity contribution is 6.05. The lowest BCUT2D eigenvalue weighted by atomic mass is 9.85. The van der Waals surface area contributed by atoms with Crippen molar-refractivity contribution in [1.29, 1.82) is 0 Å². The third kappa shape index (κ3) is 3.18. The van der Waals surface area contributed by atoms with Gasteiger partial charge >= 0.3 is 0 Å². The fourth-order valence-corrected chi connectivity index (χ4v) is 2.87. The first-order valence-corrected chi connectivity index (χ1v) is 6.91. The fraction of sp³-hybridized carbons (Fsp3) is 0.714. The van der Waals surface area contributed by atoms with E-state index in [1.165, 1.54) is 4.90 Å². The fourth-order valence-electron chi connectivity index (χ4n) is 2.87. The summed E-state index contributed by atoms with van der Waals surface area (Å²) in [6.45, 7) is 7.45. The topological polar surface area (TPSA) is 40.6 Å². The molecule has 0 aromatic rings. The van der Waals surface area contributed by atoms with Crippen LogP contribution in [0.4, 0.5) is 0 Å². The number of allylic oxidation sites excluding steroid dienone is 2. The smallest absolute Gasteiger partial charge is 0.233 e. The third-order valence-corrected chi connectivity index (χ3v) is 4.13. The maximum absolute atomic E-state index is 12.2. The van der Waals surface area contributed by atoms with E-state index < -0.39 is 0 Å². The Kier molecular flexibility index (Phi) is 6.01. The van der Waals surface area contributed by atoms with Gasteiger partial charge in [0.15, 0.2) is 0 Å². The van der Waals surface area contributed by atoms with Gasteiger partial charge in [-0.1, -0.05) is 26.0 Å². The molecule has 1 aliphatic carbocycles. The monoisotopic (exact) mass is 286 g/mol. The molecule has 2 aliphatic rings. The Morgan fingerprint density at radius 2 is 1.58 bits per heavy atom. The quantitative estimate of drug-likeness (QED) is 0.571. The summed E-state index contributed by atoms with van der Waals surface area (Å²) in [4.78, 5) is 28.1. The summed E-state index contributed by atoms with van der Waals surface area (Å²) >= 11 is 0. The molecule has 2 rings (SSSR count). The van der Waals surface area contributed by atoms with Crippen molar-refractivity contribution in [3.63, 3.8) is 0 Å². The lowest BCUT2D eigenvalue weighted by Gasteiger charge is -2.22. The first-order valence-electron chi connectivity index (χ1n) is 6.91. The van der Waals surface area contributed by atoms with Crippen LogP contribution in [0.25, 0.3) is 0 Å². The van der Waals surface area contributed by atoms with Gasteiger partial charge in [0.25, 0.3) is 0 Å². The van der Waals surface area contributed by atoms with Crippen molar-refractivity contribution in [3.8, 4) is 0 Å². The number of imide groups is 1. The highest BCUT2D eigenvalue weighted by Crippen LogP contribution is 2.34. The number of likely N-dealkylation sites (N-methyl/N-ethyl adjacent to an activating group) is 1. The summed E-state index contributed by atoms with van der Waals surface area (Å²) in [5, 5.41) is 0. The minimum atomic E-state index is -0.0841. The highest BCUT2D eigenvalue weighted by atomic mass is 35.5. The van der Waals surface area contributed by atoms with E-state index in [2.05, 4.69) is 18.7 Å². The number of halogens is 1. The molecular formula is C14H23ClN2O2. The Labute approximate surface area is 121 Å². The zero-order valence-corrected chi connectivity index (χ0v) is 12.5. The molecule has 19 heavy (non-hydrogen) atoms. The van der Waals surface area contributed by atoms with Crippen molar-refractivity contribution in [2.75, 3.05) is 26.2 Å². The number of carbonyl (C=O) groups is 2. The van der Waals surface area contributed by atoms with Crippen LogP contribution in [0.5, 0.6) is 0 Å². The van der Waals surface area contributed by atoms with Gasteiger partial charge in [0, 0.05) is 13.1 Å². The number of hydrogen-bond acceptors (Lipinski definition) is 3. The number of amides is 2. The predicted octanol–water partition coefficient (Wildman–Crippen LogP) is 1.70. The first kappa shape index (κ1) is 16.2. The SMILES string of the molecule is CCN(CC)CCN1C(=O)[C@H]2CC=CC[C@H]2C1=O.Cl. The Bertz CT molecular complexity index is 340. The van der Waals surface area contributed by atoms with E-state index in [9.17, 15) is 9.59 Å². The van der Waals surface area contributed by atoms with Crippen LogP contribution in [-0.4, -0.2) is 47.8 Å². The average Bonchev–Trinajstić information content (AvgIpc) is 2.65. The van der Waals surface area contributed by atoms with Gasteiger partial charge in [-0.3, -0.25) is 14.5 Å². The van der Waals surface area contributed by atoms with Crippen molar-refractivity contribution < 1.29 is 9.59 Å². The van der Waals surface area contributed by atoms with Gasteiger partial charge in [-0.15, -0.1) is 12.4 Å². The average molecular weight is 287 g/mol. The molecule has 1 aliphatic heterocycles. The zero-order valence-electron chi connectivity index (χ0n) is 11.7. The molecule has 0 saturated carbocycles. The molecule has 0 bridgehead atoms. The maximum Gasteiger partial charge on any atom is 0.233 e. The molecule has 5 heteroatoms. The van der Waals surface area contributed by atoms with Crippen LogP contribution >= 0.6 is 12.4 Å². The largest absolute Gasteiger partial charge is 0.302 e. The molecule has 1 heterocycles. The van der Waals surface area contributed by atoms with Crippen molar-refractivity contribution >= 4 is 24.2 Å². The van der Waals surface area contributed by atoms with Crippen LogP contribution < -0.4 is 0 Å². The van der Waals surface area contributed by atoms with Gasteiger partial charge in [-0.05, 0) is 25.9 Å². The summed E-state index contributed by atoms with van der Waals surface area (Å²) in [5.41, 5.74) is 0. The molecule has 0 radical (unpaired) electrons. The lowest BCUT2D eigenvalue weighted by molar-refractivity contribution is -0.140. The van der Waals surface area contributed by atoms with E-state index in [1.54, 1.807) is 0 Å². The van der Waals surface area contributed by atoms with E-state index in [-0.39, 0.29) is 36.1 Å². The van der Waals surface area contributed by atoms with Crippen LogP contribution in [0, 0.1) is 11.8 Å². The number of likely N-dealkylation sites (tertiary alicyclic amines) is 1. The van der Waals surface area contributed by atoms with Gasteiger partial charge in [-0.2, -0.15) is 0 Å². The Morgan fingerprint density at radius 1 is 1.11 bits per heavy atom. The second kappa shape index (κ2) is 7.06. The van der Waals surface area contributed by atoms with Crippen LogP contribution in [0.15, 0.2) is 12.2 Å². The number of rotatable bonds is 5. The summed E-state index contributed by atoms with van der Waals surface area (Å²) in [6, 6.07) is 0. The normalized spacial score (nSPS) is 25.7. The summed E-state index contributed by atoms with van der Waals surface area (Å²) in [5.74, 6) is -0.0820. The molecule has 4 nitrogen and oxygen atoms in total. The molecule has 0 aromatic carbocycles. The molecule has 0 N–H and O–H groups in total. The van der Waals surface area contributed by atoms with Crippen molar-refractivity contribution in [1.82, 2.24) is 9.80 Å². The molecule has 0 spiro atoms. The zero-order chi connectivity index (χ0) is 13.1. The minimum Gasteiger partial charge on any atom is -0.302 e. The molecular weight excluding hydrogens is 264 g/mol. The Hall–Kier alpha value is -0.870. The molecule has 1 fully saturated rings. The number of hydrogen-bond donors (Lipinski definition) is 0. The van der Waals surface area contributed by atoms with Gasteiger partial charge in [0.2, 0.25) is 11.8 Å². The number of fused-ring (bicyclic) bond motifs is 1. The van der Waals surface area contributed by atoms with E-state index in [1.807, 2.05) is 12.2 Å². The Balaban J connectivity index is 0.00000180. The minimum absolute atomic E-state index is 0. The van der Waals surface area contributed by atoms with Crippen molar-refractivity contribution in [2.24, 2.45) is 11.8 Å². The summed E-state index contributed by atoms with van der Waals surface area (Å²) in [7, 11) is 0. The maximum atomic E-state index is 12.2. The standard InChI is InChI=1S/C14H22N2O2.ClH/c1-3-15(4-2)9-10-16-13(17)11-7-5-6-8-12(11)14(16)18;/h5-6,11-12H,3-4,7-10H2,1-2H3;1H/t11-,12+;. The van der Waals surface area contributed by atoms with Gasteiger partial charge in [0.1, 0.15) is 0 Å². The number of nitrogens with zero attached hydrogens (tertiary/aromatic N) is 2. The van der Waals surface area contributed by atoms with Crippen LogP contribution in [0.2, 0.25) is 0 Å². The summed E-state index contributed by atoms with van der Waals surface area (Å²) < 4.78 is 0. The van der Waals surface area contributed by atoms with Gasteiger partial charge < -0.3 is 4.90 Å². The highest BCUT2D eigenvalue weighted by Gasteiger charge is 2.46. The van der Waals surface area contributed by atoms with E-state index >= 15 is 0 Å². The first-order chi connectivity index (χ1) is 8.69. The van der Waals surface area contributed by atoms with Crippen LogP contribution in [0.1, 0.15) is 26.7 Å². The Morgan fingerprint density at radius 3 is 2.00 bits per heavy atom. The molecule has 108 valence electrons. The van der Waals surface area contributed by atoms with E-state index in [4.69, 9.17) is 0 Å². The van der Waals surface area contributed by atoms with Crippen molar-refractivity contribution in [3.05, 3.63) is 12.2 Å². The van der Waals surface area contributed by atoms with Gasteiger partial charge in [-0.25, -0.2) is 0 Å². The lowest BCUT2D eigenvalue weighted by Crippen LogP contribution is -2.38. The number of carbonyl (C=O) groups excluding carboxylic acids is 2. The van der Waals surface area contributed by atoms with Gasteiger partial charge in [0.05, 0.1) is 11.8 Å². The molecule has 2 atom stereocenters.